The first-order valence-electron chi connectivity index (χ1n) is 10.3. The van der Waals surface area contributed by atoms with Crippen LogP contribution in [0.4, 0.5) is 18.9 Å². The van der Waals surface area contributed by atoms with Crippen molar-refractivity contribution in [1.82, 2.24) is 34.7 Å². The van der Waals surface area contributed by atoms with Crippen LogP contribution in [-0.2, 0) is 6.18 Å². The molecule has 5 rings (SSSR count). The Bertz CT molecular complexity index is 1680. The van der Waals surface area contributed by atoms with Crippen molar-refractivity contribution in [2.24, 2.45) is 0 Å². The van der Waals surface area contributed by atoms with E-state index in [0.29, 0.717) is 20.7 Å². The van der Waals surface area contributed by atoms with E-state index in [1.165, 1.54) is 53.7 Å². The highest BCUT2D eigenvalue weighted by Crippen LogP contribution is 2.35. The van der Waals surface area contributed by atoms with Crippen molar-refractivity contribution in [2.45, 2.75) is 13.1 Å². The summed E-state index contributed by atoms with van der Waals surface area (Å²) in [5, 5.41) is 14.7. The number of benzene rings is 1. The van der Waals surface area contributed by atoms with Gasteiger partial charge in [0.25, 0.3) is 11.5 Å². The van der Waals surface area contributed by atoms with Crippen molar-refractivity contribution in [3.05, 3.63) is 86.9 Å². The molecule has 10 nitrogen and oxygen atoms in total. The second-order valence-corrected chi connectivity index (χ2v) is 8.42. The molecule has 1 amide bonds. The predicted octanol–water partition coefficient (Wildman–Crippen LogP) is 4.03. The van der Waals surface area contributed by atoms with Crippen molar-refractivity contribution in [1.29, 1.82) is 0 Å². The molecule has 0 aliphatic rings. The monoisotopic (exact) mass is 558 g/mol. The molecule has 36 heavy (non-hydrogen) atoms. The smallest absolute Gasteiger partial charge is 0.329 e. The predicted molar refractivity (Wildman–Crippen MR) is 126 cm³/mol. The van der Waals surface area contributed by atoms with Crippen molar-refractivity contribution in [3.8, 4) is 11.5 Å². The summed E-state index contributed by atoms with van der Waals surface area (Å²) in [7, 11) is 0. The number of aromatic nitrogens is 7. The number of hydrogen-bond donors (Lipinski definition) is 2. The third kappa shape index (κ3) is 4.04. The number of alkyl halides is 3. The fraction of sp³-hybridized carbons (Fsp3) is 0.0909. The van der Waals surface area contributed by atoms with Gasteiger partial charge in [-0.25, -0.2) is 9.67 Å². The number of rotatable bonds is 4. The van der Waals surface area contributed by atoms with Crippen LogP contribution in [-0.4, -0.2) is 40.6 Å². The van der Waals surface area contributed by atoms with E-state index in [9.17, 15) is 22.8 Å². The molecule has 14 heteroatoms. The molecule has 0 atom stereocenters. The Hall–Kier alpha value is -4.33. The molecule has 0 bridgehead atoms. The Labute approximate surface area is 207 Å². The first-order chi connectivity index (χ1) is 17.1. The summed E-state index contributed by atoms with van der Waals surface area (Å²) in [4.78, 5) is 33.2. The quantitative estimate of drug-likeness (QED) is 0.343. The van der Waals surface area contributed by atoms with Gasteiger partial charge in [0.2, 0.25) is 0 Å². The van der Waals surface area contributed by atoms with Crippen LogP contribution in [0.3, 0.4) is 0 Å². The van der Waals surface area contributed by atoms with E-state index in [1.54, 1.807) is 6.92 Å². The van der Waals surface area contributed by atoms with E-state index in [0.717, 1.165) is 6.20 Å². The van der Waals surface area contributed by atoms with Gasteiger partial charge < -0.3 is 10.3 Å². The van der Waals surface area contributed by atoms with Gasteiger partial charge in [0.1, 0.15) is 0 Å². The minimum atomic E-state index is -4.93. The number of halogens is 4. The van der Waals surface area contributed by atoms with Gasteiger partial charge in [-0.2, -0.15) is 28.5 Å². The van der Waals surface area contributed by atoms with Crippen molar-refractivity contribution in [2.75, 3.05) is 5.32 Å². The lowest BCUT2D eigenvalue weighted by molar-refractivity contribution is -0.143. The van der Waals surface area contributed by atoms with Gasteiger partial charge in [-0.1, -0.05) is 6.07 Å². The highest BCUT2D eigenvalue weighted by molar-refractivity contribution is 9.10. The van der Waals surface area contributed by atoms with Gasteiger partial charge in [0.15, 0.2) is 11.5 Å². The van der Waals surface area contributed by atoms with Crippen LogP contribution in [0.25, 0.3) is 22.3 Å². The van der Waals surface area contributed by atoms with Crippen LogP contribution in [0.1, 0.15) is 21.7 Å². The minimum absolute atomic E-state index is 0.00152. The highest BCUT2D eigenvalue weighted by Gasteiger charge is 2.41. The summed E-state index contributed by atoms with van der Waals surface area (Å²) in [6.07, 6.45) is 0.151. The zero-order valence-electron chi connectivity index (χ0n) is 18.2. The molecule has 5 aromatic rings. The third-order valence-corrected chi connectivity index (χ3v) is 5.89. The number of amides is 1. The Morgan fingerprint density at radius 2 is 1.86 bits per heavy atom. The molecular formula is C22H14BrF3N8O2. The van der Waals surface area contributed by atoms with Crippen LogP contribution in [0.15, 0.2) is 64.4 Å². The molecule has 2 N–H and O–H groups in total. The molecule has 0 radical (unpaired) electrons. The molecule has 0 saturated carbocycles. The zero-order valence-corrected chi connectivity index (χ0v) is 19.8. The van der Waals surface area contributed by atoms with E-state index >= 15 is 0 Å². The normalized spacial score (nSPS) is 11.7. The standard InChI is InChI=1S/C22H14BrF3N8O2/c1-11-16(9-15(23)19(31-11)34-28-7-8-29-34)32-21(36)14-10-30-33(18(14)22(24,25)26)17-4-2-3-13-12(17)5-6-27-20(13)35/h2-10H,1H3,(H,27,35)(H,32,36). The van der Waals surface area contributed by atoms with Gasteiger partial charge in [-0.3, -0.25) is 9.59 Å². The van der Waals surface area contributed by atoms with E-state index < -0.39 is 28.9 Å². The van der Waals surface area contributed by atoms with Gasteiger partial charge in [0, 0.05) is 17.0 Å². The van der Waals surface area contributed by atoms with Crippen LogP contribution in [0, 0.1) is 6.92 Å². The molecule has 0 unspecified atom stereocenters. The first-order valence-corrected chi connectivity index (χ1v) is 11.1. The summed E-state index contributed by atoms with van der Waals surface area (Å²) in [6, 6.07) is 7.28. The SMILES string of the molecule is Cc1nc(-n2nccn2)c(Br)cc1NC(=O)c1cnn(-c2cccc3c(=O)[nH]ccc23)c1C(F)(F)F. The lowest BCUT2D eigenvalue weighted by Gasteiger charge is -2.15. The number of aromatic amines is 1. The van der Waals surface area contributed by atoms with E-state index in [4.69, 9.17) is 0 Å². The Balaban J connectivity index is 1.57. The van der Waals surface area contributed by atoms with Crippen LogP contribution >= 0.6 is 15.9 Å². The van der Waals surface area contributed by atoms with Gasteiger partial charge in [0.05, 0.1) is 45.7 Å². The second-order valence-electron chi connectivity index (χ2n) is 7.56. The lowest BCUT2D eigenvalue weighted by atomic mass is 10.1. The van der Waals surface area contributed by atoms with Gasteiger partial charge in [-0.05, 0) is 47.1 Å². The molecule has 182 valence electrons. The maximum atomic E-state index is 14.2. The molecule has 4 aromatic heterocycles. The van der Waals surface area contributed by atoms with Gasteiger partial charge in [-0.15, -0.1) is 4.80 Å². The summed E-state index contributed by atoms with van der Waals surface area (Å²) in [6.45, 7) is 1.58. The average molecular weight is 559 g/mol. The van der Waals surface area contributed by atoms with Crippen molar-refractivity contribution in [3.63, 3.8) is 0 Å². The maximum absolute atomic E-state index is 14.2. The average Bonchev–Trinajstić information content (AvgIpc) is 3.51. The molecule has 0 fully saturated rings. The summed E-state index contributed by atoms with van der Waals surface area (Å²) in [5.74, 6) is -0.696. The molecule has 1 aromatic carbocycles. The fourth-order valence-corrected chi connectivity index (χ4v) is 4.19. The van der Waals surface area contributed by atoms with Gasteiger partial charge >= 0.3 is 6.18 Å². The Kier molecular flexibility index (Phi) is 5.67. The summed E-state index contributed by atoms with van der Waals surface area (Å²) < 4.78 is 43.7. The number of nitrogens with zero attached hydrogens (tertiary/aromatic N) is 6. The number of carbonyl (C=O) groups is 1. The molecule has 0 aliphatic carbocycles. The first kappa shape index (κ1) is 23.4. The van der Waals surface area contributed by atoms with Crippen molar-refractivity contribution >= 4 is 38.3 Å². The molecule has 4 heterocycles. The second kappa shape index (κ2) is 8.71. The van der Waals surface area contributed by atoms with Crippen LogP contribution < -0.4 is 10.9 Å². The van der Waals surface area contributed by atoms with Crippen LogP contribution in [0.5, 0.6) is 0 Å². The Morgan fingerprint density at radius 1 is 1.11 bits per heavy atom. The van der Waals surface area contributed by atoms with E-state index in [2.05, 4.69) is 46.5 Å². The number of anilines is 1. The zero-order chi connectivity index (χ0) is 25.6. The lowest BCUT2D eigenvalue weighted by Crippen LogP contribution is -2.21. The van der Waals surface area contributed by atoms with E-state index in [-0.39, 0.29) is 22.1 Å². The molecule has 0 aliphatic heterocycles. The topological polar surface area (TPSA) is 123 Å². The molecular weight excluding hydrogens is 545 g/mol. The number of fused-ring (bicyclic) bond motifs is 1. The molecule has 0 saturated heterocycles. The number of nitrogens with one attached hydrogen (secondary N) is 2. The molecule has 0 spiro atoms. The number of H-pyrrole nitrogens is 1. The maximum Gasteiger partial charge on any atom is 0.434 e. The number of hydrogen-bond acceptors (Lipinski definition) is 6. The minimum Gasteiger partial charge on any atom is -0.329 e. The number of aryl methyl sites for hydroxylation is 1. The van der Waals surface area contributed by atoms with E-state index in [1.807, 2.05) is 0 Å². The highest BCUT2D eigenvalue weighted by atomic mass is 79.9. The largest absolute Gasteiger partial charge is 0.434 e. The fourth-order valence-electron chi connectivity index (χ4n) is 3.71. The number of pyridine rings is 2. The summed E-state index contributed by atoms with van der Waals surface area (Å²) in [5.41, 5.74) is -1.93. The summed E-state index contributed by atoms with van der Waals surface area (Å²) >= 11 is 3.32. The number of carbonyl (C=O) groups excluding carboxylic acids is 1. The Morgan fingerprint density at radius 3 is 2.58 bits per heavy atom. The third-order valence-electron chi connectivity index (χ3n) is 5.31. The van der Waals surface area contributed by atoms with Crippen LogP contribution in [0.2, 0.25) is 0 Å². The van der Waals surface area contributed by atoms with Crippen molar-refractivity contribution < 1.29 is 18.0 Å².